The molecular formula is C11H16N4O3. The molecule has 0 radical (unpaired) electrons. The van der Waals surface area contributed by atoms with E-state index in [0.717, 1.165) is 0 Å². The van der Waals surface area contributed by atoms with Crippen molar-refractivity contribution in [3.63, 3.8) is 0 Å². The van der Waals surface area contributed by atoms with Crippen molar-refractivity contribution in [2.24, 2.45) is 5.73 Å². The van der Waals surface area contributed by atoms with Gasteiger partial charge in [0.25, 0.3) is 5.91 Å². The summed E-state index contributed by atoms with van der Waals surface area (Å²) in [6, 6.07) is -0.991. The number of nitrogens with zero attached hydrogens (tertiary/aromatic N) is 2. The highest BCUT2D eigenvalue weighted by Gasteiger charge is 2.20. The second-order valence-electron chi connectivity index (χ2n) is 3.67. The van der Waals surface area contributed by atoms with Crippen molar-refractivity contribution in [3.05, 3.63) is 30.9 Å². The molecule has 1 unspecified atom stereocenters. The van der Waals surface area contributed by atoms with E-state index >= 15 is 0 Å². The topological polar surface area (TPSA) is 110 Å². The van der Waals surface area contributed by atoms with Crippen LogP contribution in [0.25, 0.3) is 0 Å². The summed E-state index contributed by atoms with van der Waals surface area (Å²) in [4.78, 5) is 26.5. The van der Waals surface area contributed by atoms with E-state index in [2.05, 4.69) is 16.9 Å². The fourth-order valence-electron chi connectivity index (χ4n) is 1.37. The summed E-state index contributed by atoms with van der Waals surface area (Å²) in [6.45, 7) is 4.43. The van der Waals surface area contributed by atoms with Crippen LogP contribution in [0.2, 0.25) is 0 Å². The number of aromatic nitrogens is 2. The Bertz CT molecular complexity index is 441. The fourth-order valence-corrected chi connectivity index (χ4v) is 1.37. The van der Waals surface area contributed by atoms with E-state index in [-0.39, 0.29) is 12.1 Å². The van der Waals surface area contributed by atoms with Gasteiger partial charge in [0, 0.05) is 19.3 Å². The summed E-state index contributed by atoms with van der Waals surface area (Å²) in [7, 11) is 0. The molecule has 1 aromatic heterocycles. The zero-order chi connectivity index (χ0) is 13.5. The summed E-state index contributed by atoms with van der Waals surface area (Å²) in [5, 5.41) is 11.3. The van der Waals surface area contributed by atoms with Crippen molar-refractivity contribution in [1.82, 2.24) is 14.9 Å². The fraction of sp³-hybridized carbons (Fsp3) is 0.364. The van der Waals surface area contributed by atoms with Gasteiger partial charge in [-0.15, -0.1) is 6.58 Å². The lowest BCUT2D eigenvalue weighted by Gasteiger charge is -2.10. The van der Waals surface area contributed by atoms with E-state index in [0.29, 0.717) is 13.1 Å². The summed E-state index contributed by atoms with van der Waals surface area (Å²) < 4.78 is 1.66. The second kappa shape index (κ2) is 6.55. The van der Waals surface area contributed by atoms with Crippen molar-refractivity contribution in [3.8, 4) is 0 Å². The monoisotopic (exact) mass is 252 g/mol. The van der Waals surface area contributed by atoms with Gasteiger partial charge < -0.3 is 20.7 Å². The van der Waals surface area contributed by atoms with Gasteiger partial charge in [-0.1, -0.05) is 6.08 Å². The van der Waals surface area contributed by atoms with Crippen molar-refractivity contribution < 1.29 is 14.7 Å². The van der Waals surface area contributed by atoms with Crippen LogP contribution < -0.4 is 11.1 Å². The van der Waals surface area contributed by atoms with Crippen LogP contribution in [0.1, 0.15) is 16.9 Å². The van der Waals surface area contributed by atoms with Crippen LogP contribution >= 0.6 is 0 Å². The molecule has 4 N–H and O–H groups in total. The second-order valence-corrected chi connectivity index (χ2v) is 3.67. The molecule has 0 fully saturated rings. The molecule has 1 aromatic rings. The first-order valence-electron chi connectivity index (χ1n) is 5.45. The maximum atomic E-state index is 11.7. The molecule has 0 aliphatic heterocycles. The maximum absolute atomic E-state index is 11.7. The van der Waals surface area contributed by atoms with E-state index in [4.69, 9.17) is 10.8 Å². The van der Waals surface area contributed by atoms with Crippen LogP contribution in [0.3, 0.4) is 0 Å². The first-order valence-corrected chi connectivity index (χ1v) is 5.45. The molecule has 1 atom stereocenters. The summed E-state index contributed by atoms with van der Waals surface area (Å²) in [5.41, 5.74) is 5.53. The third-order valence-electron chi connectivity index (χ3n) is 2.26. The molecule has 0 aliphatic carbocycles. The van der Waals surface area contributed by atoms with Gasteiger partial charge in [-0.2, -0.15) is 0 Å². The SMILES string of the molecule is C=CCC(NC(=O)c1cn(CCN)cn1)C(=O)O. The van der Waals surface area contributed by atoms with Gasteiger partial charge in [-0.25, -0.2) is 9.78 Å². The quantitative estimate of drug-likeness (QED) is 0.572. The van der Waals surface area contributed by atoms with Gasteiger partial charge in [0.05, 0.1) is 6.33 Å². The summed E-state index contributed by atoms with van der Waals surface area (Å²) in [5.74, 6) is -1.63. The number of aliphatic carboxylic acids is 1. The highest BCUT2D eigenvalue weighted by molar-refractivity contribution is 5.94. The van der Waals surface area contributed by atoms with Gasteiger partial charge in [-0.3, -0.25) is 4.79 Å². The number of carboxylic acid groups (broad SMARTS) is 1. The van der Waals surface area contributed by atoms with Crippen molar-refractivity contribution in [2.75, 3.05) is 6.54 Å². The van der Waals surface area contributed by atoms with E-state index in [9.17, 15) is 9.59 Å². The Morgan fingerprint density at radius 1 is 1.67 bits per heavy atom. The van der Waals surface area contributed by atoms with Crippen molar-refractivity contribution in [1.29, 1.82) is 0 Å². The van der Waals surface area contributed by atoms with Crippen LogP contribution in [0.5, 0.6) is 0 Å². The standard InChI is InChI=1S/C11H16N4O3/c1-2-3-8(11(17)18)14-10(16)9-6-15(5-4-12)7-13-9/h2,6-8H,1,3-5,12H2,(H,14,16)(H,17,18). The number of amides is 1. The molecule has 1 heterocycles. The Hall–Kier alpha value is -2.15. The Morgan fingerprint density at radius 3 is 2.94 bits per heavy atom. The molecule has 7 heteroatoms. The van der Waals surface area contributed by atoms with Crippen LogP contribution in [0, 0.1) is 0 Å². The average molecular weight is 252 g/mol. The third-order valence-corrected chi connectivity index (χ3v) is 2.26. The largest absolute Gasteiger partial charge is 0.480 e. The first-order chi connectivity index (χ1) is 8.58. The Labute approximate surface area is 104 Å². The van der Waals surface area contributed by atoms with Gasteiger partial charge >= 0.3 is 5.97 Å². The first kappa shape index (κ1) is 13.9. The third kappa shape index (κ3) is 3.70. The Kier molecular flexibility index (Phi) is 5.06. The number of nitrogens with one attached hydrogen (secondary N) is 1. The summed E-state index contributed by atoms with van der Waals surface area (Å²) >= 11 is 0. The molecule has 1 rings (SSSR count). The molecule has 0 aliphatic rings. The highest BCUT2D eigenvalue weighted by atomic mass is 16.4. The van der Waals surface area contributed by atoms with Gasteiger partial charge in [-0.05, 0) is 6.42 Å². The zero-order valence-electron chi connectivity index (χ0n) is 9.87. The van der Waals surface area contributed by atoms with Crippen LogP contribution in [0.4, 0.5) is 0 Å². The smallest absolute Gasteiger partial charge is 0.326 e. The van der Waals surface area contributed by atoms with Gasteiger partial charge in [0.15, 0.2) is 0 Å². The van der Waals surface area contributed by atoms with Crippen LogP contribution in [-0.4, -0.2) is 39.1 Å². The zero-order valence-corrected chi connectivity index (χ0v) is 9.87. The van der Waals surface area contributed by atoms with E-state index < -0.39 is 17.9 Å². The summed E-state index contributed by atoms with van der Waals surface area (Å²) in [6.07, 6.45) is 4.59. The lowest BCUT2D eigenvalue weighted by Crippen LogP contribution is -2.40. The molecule has 7 nitrogen and oxygen atoms in total. The Balaban J connectivity index is 2.67. The molecule has 0 aromatic carbocycles. The number of imidazole rings is 1. The minimum absolute atomic E-state index is 0.157. The number of carbonyl (C=O) groups is 2. The van der Waals surface area contributed by atoms with Gasteiger partial charge in [0.1, 0.15) is 11.7 Å². The molecule has 0 saturated heterocycles. The van der Waals surface area contributed by atoms with Crippen molar-refractivity contribution >= 4 is 11.9 Å². The van der Waals surface area contributed by atoms with Crippen LogP contribution in [0.15, 0.2) is 25.2 Å². The van der Waals surface area contributed by atoms with E-state index in [1.807, 2.05) is 0 Å². The van der Waals surface area contributed by atoms with E-state index in [1.165, 1.54) is 18.6 Å². The lowest BCUT2D eigenvalue weighted by atomic mass is 10.2. The Morgan fingerprint density at radius 2 is 2.39 bits per heavy atom. The molecule has 0 bridgehead atoms. The number of rotatable bonds is 7. The maximum Gasteiger partial charge on any atom is 0.326 e. The molecule has 98 valence electrons. The highest BCUT2D eigenvalue weighted by Crippen LogP contribution is 1.99. The minimum atomic E-state index is -1.11. The number of carboxylic acids is 1. The molecule has 18 heavy (non-hydrogen) atoms. The normalized spacial score (nSPS) is 11.8. The number of hydrogen-bond acceptors (Lipinski definition) is 4. The molecular weight excluding hydrogens is 236 g/mol. The number of nitrogens with two attached hydrogens (primary N) is 1. The average Bonchev–Trinajstić information content (AvgIpc) is 2.77. The molecule has 1 amide bonds. The number of carbonyl (C=O) groups excluding carboxylic acids is 1. The number of hydrogen-bond donors (Lipinski definition) is 3. The molecule has 0 saturated carbocycles. The molecule has 0 spiro atoms. The predicted octanol–water partition coefficient (Wildman–Crippen LogP) is -0.399. The van der Waals surface area contributed by atoms with E-state index in [1.54, 1.807) is 4.57 Å². The predicted molar refractivity (Wildman–Crippen MR) is 65.0 cm³/mol. The van der Waals surface area contributed by atoms with Crippen LogP contribution in [-0.2, 0) is 11.3 Å². The van der Waals surface area contributed by atoms with Crippen molar-refractivity contribution in [2.45, 2.75) is 19.0 Å². The lowest BCUT2D eigenvalue weighted by molar-refractivity contribution is -0.139. The minimum Gasteiger partial charge on any atom is -0.480 e. The van der Waals surface area contributed by atoms with Gasteiger partial charge in [0.2, 0.25) is 0 Å².